The summed E-state index contributed by atoms with van der Waals surface area (Å²) < 4.78 is 1.84. The highest BCUT2D eigenvalue weighted by Gasteiger charge is 2.10. The summed E-state index contributed by atoms with van der Waals surface area (Å²) in [7, 11) is 0. The molecular weight excluding hydrogens is 292 g/mol. The molecule has 7 heteroatoms. The van der Waals surface area contributed by atoms with Crippen molar-refractivity contribution in [3.8, 4) is 0 Å². The smallest absolute Gasteiger partial charge is 0.356 e. The molecule has 21 heavy (non-hydrogen) atoms. The Kier molecular flexibility index (Phi) is 4.70. The predicted octanol–water partition coefficient (Wildman–Crippen LogP) is 2.91. The van der Waals surface area contributed by atoms with E-state index in [-0.39, 0.29) is 5.69 Å². The van der Waals surface area contributed by atoms with Crippen molar-refractivity contribution in [3.05, 3.63) is 40.2 Å². The first-order chi connectivity index (χ1) is 10.0. The summed E-state index contributed by atoms with van der Waals surface area (Å²) in [4.78, 5) is 18.5. The number of halogens is 1. The van der Waals surface area contributed by atoms with Crippen LogP contribution in [0, 0.1) is 6.92 Å². The molecule has 0 aliphatic heterocycles. The van der Waals surface area contributed by atoms with E-state index in [0.717, 1.165) is 24.4 Å². The summed E-state index contributed by atoms with van der Waals surface area (Å²) >= 11 is 6.23. The number of aromatic carboxylic acids is 1. The van der Waals surface area contributed by atoms with Gasteiger partial charge in [-0.05, 0) is 25.5 Å². The van der Waals surface area contributed by atoms with Gasteiger partial charge in [0.05, 0.1) is 34.5 Å². The summed E-state index contributed by atoms with van der Waals surface area (Å²) in [5, 5.41) is 13.7. The van der Waals surface area contributed by atoms with E-state index in [0.29, 0.717) is 10.7 Å². The molecule has 1 N–H and O–H groups in total. The lowest BCUT2D eigenvalue weighted by Crippen LogP contribution is -2.02. The third-order valence-electron chi connectivity index (χ3n) is 2.83. The Morgan fingerprint density at radius 2 is 2.14 bits per heavy atom. The molecule has 0 spiro atoms. The van der Waals surface area contributed by atoms with Crippen LogP contribution in [0.4, 0.5) is 0 Å². The lowest BCUT2D eigenvalue weighted by atomic mass is 10.3. The minimum Gasteiger partial charge on any atom is -0.476 e. The fourth-order valence-corrected chi connectivity index (χ4v) is 2.02. The molecule has 0 aliphatic rings. The first kappa shape index (κ1) is 15.2. The van der Waals surface area contributed by atoms with Crippen molar-refractivity contribution in [1.29, 1.82) is 0 Å². The molecule has 0 aliphatic carbocycles. The van der Waals surface area contributed by atoms with E-state index in [4.69, 9.17) is 16.7 Å². The van der Waals surface area contributed by atoms with Crippen molar-refractivity contribution in [3.63, 3.8) is 0 Å². The maximum Gasteiger partial charge on any atom is 0.356 e. The van der Waals surface area contributed by atoms with Gasteiger partial charge in [-0.2, -0.15) is 5.10 Å². The van der Waals surface area contributed by atoms with E-state index in [1.807, 2.05) is 17.7 Å². The van der Waals surface area contributed by atoms with Crippen molar-refractivity contribution in [2.75, 3.05) is 0 Å². The molecule has 2 rings (SSSR count). The summed E-state index contributed by atoms with van der Waals surface area (Å²) in [5.74, 6) is -1.10. The monoisotopic (exact) mass is 306 g/mol. The van der Waals surface area contributed by atoms with Crippen LogP contribution < -0.4 is 0 Å². The van der Waals surface area contributed by atoms with Crippen LogP contribution in [0.1, 0.15) is 40.9 Å². The largest absolute Gasteiger partial charge is 0.476 e. The van der Waals surface area contributed by atoms with Crippen LogP contribution in [-0.2, 0) is 6.54 Å². The number of hydrogen-bond acceptors (Lipinski definition) is 4. The van der Waals surface area contributed by atoms with Crippen molar-refractivity contribution >= 4 is 29.7 Å². The van der Waals surface area contributed by atoms with Crippen LogP contribution in [0.25, 0.3) is 12.2 Å². The van der Waals surface area contributed by atoms with Gasteiger partial charge in [-0.3, -0.25) is 9.67 Å². The van der Waals surface area contributed by atoms with E-state index in [1.165, 1.54) is 12.4 Å². The molecule has 2 aromatic heterocycles. The van der Waals surface area contributed by atoms with Crippen LogP contribution in [0.2, 0.25) is 5.02 Å². The second-order valence-electron chi connectivity index (χ2n) is 4.47. The van der Waals surface area contributed by atoms with Crippen LogP contribution in [0.15, 0.2) is 12.4 Å². The predicted molar refractivity (Wildman–Crippen MR) is 80.2 cm³/mol. The van der Waals surface area contributed by atoms with Gasteiger partial charge in [0.25, 0.3) is 0 Å². The normalized spacial score (nSPS) is 11.2. The molecule has 0 radical (unpaired) electrons. The van der Waals surface area contributed by atoms with Crippen molar-refractivity contribution in [1.82, 2.24) is 19.7 Å². The topological polar surface area (TPSA) is 80.9 Å². The Bertz CT molecular complexity index is 677. The Morgan fingerprint density at radius 1 is 1.38 bits per heavy atom. The Morgan fingerprint density at radius 3 is 2.71 bits per heavy atom. The number of carboxylic acids is 1. The van der Waals surface area contributed by atoms with Crippen LogP contribution in [0.5, 0.6) is 0 Å². The zero-order valence-electron chi connectivity index (χ0n) is 11.7. The molecule has 0 saturated heterocycles. The zero-order valence-corrected chi connectivity index (χ0v) is 12.5. The van der Waals surface area contributed by atoms with Crippen LogP contribution in [-0.4, -0.2) is 30.8 Å². The van der Waals surface area contributed by atoms with E-state index < -0.39 is 5.97 Å². The van der Waals surface area contributed by atoms with E-state index in [1.54, 1.807) is 6.08 Å². The van der Waals surface area contributed by atoms with Gasteiger partial charge in [-0.25, -0.2) is 9.78 Å². The van der Waals surface area contributed by atoms with Crippen LogP contribution in [0.3, 0.4) is 0 Å². The van der Waals surface area contributed by atoms with Gasteiger partial charge in [-0.1, -0.05) is 18.5 Å². The van der Waals surface area contributed by atoms with E-state index in [2.05, 4.69) is 22.0 Å². The standard InChI is InChI=1S/C14H15ClN4O2/c1-3-6-19-12(13(15)9(2)18-19)5-4-10-7-17-11(8-16-10)14(20)21/h4-5,7-8H,3,6H2,1-2H3,(H,20,21)/b5-4+. The molecule has 6 nitrogen and oxygen atoms in total. The van der Waals surface area contributed by atoms with Crippen LogP contribution >= 0.6 is 11.6 Å². The Balaban J connectivity index is 2.26. The molecule has 0 unspecified atom stereocenters. The molecule has 0 atom stereocenters. The highest BCUT2D eigenvalue weighted by atomic mass is 35.5. The summed E-state index contributed by atoms with van der Waals surface area (Å²) in [6.07, 6.45) is 7.11. The third kappa shape index (κ3) is 3.46. The minimum atomic E-state index is -1.10. The van der Waals surface area contributed by atoms with E-state index >= 15 is 0 Å². The van der Waals surface area contributed by atoms with Crippen molar-refractivity contribution in [2.24, 2.45) is 0 Å². The van der Waals surface area contributed by atoms with Crippen molar-refractivity contribution < 1.29 is 9.90 Å². The maximum absolute atomic E-state index is 10.7. The first-order valence-electron chi connectivity index (χ1n) is 6.49. The number of aromatic nitrogens is 4. The number of carbonyl (C=O) groups is 1. The molecular formula is C14H15ClN4O2. The highest BCUT2D eigenvalue weighted by Crippen LogP contribution is 2.22. The summed E-state index contributed by atoms with van der Waals surface area (Å²) in [5.41, 5.74) is 2.05. The summed E-state index contributed by atoms with van der Waals surface area (Å²) in [6, 6.07) is 0. The number of rotatable bonds is 5. The van der Waals surface area contributed by atoms with E-state index in [9.17, 15) is 4.79 Å². The van der Waals surface area contributed by atoms with Gasteiger partial charge in [0, 0.05) is 6.54 Å². The second kappa shape index (κ2) is 6.49. The average Bonchev–Trinajstić information content (AvgIpc) is 2.73. The molecule has 0 aromatic carbocycles. The lowest BCUT2D eigenvalue weighted by Gasteiger charge is -2.01. The molecule has 2 aromatic rings. The highest BCUT2D eigenvalue weighted by molar-refractivity contribution is 6.32. The molecule has 0 amide bonds. The Hall–Kier alpha value is -2.21. The van der Waals surface area contributed by atoms with Gasteiger partial charge in [0.15, 0.2) is 5.69 Å². The van der Waals surface area contributed by atoms with Gasteiger partial charge < -0.3 is 5.11 Å². The number of nitrogens with zero attached hydrogens (tertiary/aromatic N) is 4. The number of aryl methyl sites for hydroxylation is 2. The Labute approximate surface area is 127 Å². The SMILES string of the molecule is CCCn1nc(C)c(Cl)c1/C=C/c1cnc(C(=O)O)cn1. The minimum absolute atomic E-state index is 0.0861. The fourth-order valence-electron chi connectivity index (χ4n) is 1.82. The second-order valence-corrected chi connectivity index (χ2v) is 4.85. The summed E-state index contributed by atoms with van der Waals surface area (Å²) in [6.45, 7) is 4.69. The lowest BCUT2D eigenvalue weighted by molar-refractivity contribution is 0.0690. The average molecular weight is 307 g/mol. The molecule has 0 bridgehead atoms. The molecule has 2 heterocycles. The number of carboxylic acid groups (broad SMARTS) is 1. The molecule has 0 fully saturated rings. The van der Waals surface area contributed by atoms with Crippen molar-refractivity contribution in [2.45, 2.75) is 26.8 Å². The quantitative estimate of drug-likeness (QED) is 0.918. The number of hydrogen-bond donors (Lipinski definition) is 1. The van der Waals surface area contributed by atoms with Gasteiger partial charge in [0.1, 0.15) is 0 Å². The zero-order chi connectivity index (χ0) is 15.4. The van der Waals surface area contributed by atoms with Gasteiger partial charge in [-0.15, -0.1) is 0 Å². The first-order valence-corrected chi connectivity index (χ1v) is 6.87. The molecule has 0 saturated carbocycles. The molecule has 110 valence electrons. The maximum atomic E-state index is 10.7. The third-order valence-corrected chi connectivity index (χ3v) is 3.30. The van der Waals surface area contributed by atoms with Gasteiger partial charge in [0.2, 0.25) is 0 Å². The van der Waals surface area contributed by atoms with Gasteiger partial charge >= 0.3 is 5.97 Å². The fraction of sp³-hybridized carbons (Fsp3) is 0.286.